The highest BCUT2D eigenvalue weighted by atomic mass is 79.9. The summed E-state index contributed by atoms with van der Waals surface area (Å²) in [5, 5.41) is 14.3. The third-order valence-electron chi connectivity index (χ3n) is 3.42. The highest BCUT2D eigenvalue weighted by molar-refractivity contribution is 9.10. The molecule has 0 amide bonds. The van der Waals surface area contributed by atoms with E-state index in [0.717, 1.165) is 10.0 Å². The Hall–Kier alpha value is -1.72. The topological polar surface area (TPSA) is 55.2 Å². The summed E-state index contributed by atoms with van der Waals surface area (Å²) < 4.78 is 0.719. The number of nitrogens with zero attached hydrogens (tertiary/aromatic N) is 1. The van der Waals surface area contributed by atoms with Crippen molar-refractivity contribution in [2.75, 3.05) is 0 Å². The molecule has 0 bridgehead atoms. The van der Waals surface area contributed by atoms with Gasteiger partial charge in [0.2, 0.25) is 0 Å². The zero-order valence-electron chi connectivity index (χ0n) is 12.0. The molecule has 0 aliphatic carbocycles. The molecule has 0 aromatic heterocycles. The van der Waals surface area contributed by atoms with Crippen LogP contribution in [0.5, 0.6) is 0 Å². The van der Waals surface area contributed by atoms with Crippen molar-refractivity contribution in [1.29, 1.82) is 0 Å². The molecule has 21 heavy (non-hydrogen) atoms. The number of nitro groups is 1. The van der Waals surface area contributed by atoms with Gasteiger partial charge in [-0.15, -0.1) is 0 Å². The quantitative estimate of drug-likeness (QED) is 0.638. The Morgan fingerprint density at radius 3 is 2.67 bits per heavy atom. The summed E-state index contributed by atoms with van der Waals surface area (Å²) in [5.74, 6) is 0. The lowest BCUT2D eigenvalue weighted by atomic mass is 10.0. The number of rotatable bonds is 5. The molecular formula is C16H17BrN2O2. The van der Waals surface area contributed by atoms with Gasteiger partial charge >= 0.3 is 0 Å². The Labute approximate surface area is 132 Å². The molecule has 5 heteroatoms. The maximum Gasteiger partial charge on any atom is 0.270 e. The maximum atomic E-state index is 10.9. The number of non-ortho nitro benzene ring substituents is 1. The summed E-state index contributed by atoms with van der Waals surface area (Å²) in [6.45, 7) is 4.75. The monoisotopic (exact) mass is 348 g/mol. The van der Waals surface area contributed by atoms with Crippen molar-refractivity contribution in [2.24, 2.45) is 0 Å². The molecule has 2 aromatic rings. The van der Waals surface area contributed by atoms with Crippen molar-refractivity contribution < 1.29 is 4.92 Å². The first kappa shape index (κ1) is 15.7. The molecular weight excluding hydrogens is 332 g/mol. The predicted octanol–water partition coefficient (Wildman–Crippen LogP) is 4.52. The standard InChI is InChI=1S/C16H17BrN2O2/c1-11-5-3-4-6-16(11)12(2)18-10-13-7-14(17)9-15(8-13)19(20)21/h3-9,12,18H,10H2,1-2H3. The molecule has 0 fully saturated rings. The summed E-state index contributed by atoms with van der Waals surface area (Å²) in [6.07, 6.45) is 0. The van der Waals surface area contributed by atoms with Crippen molar-refractivity contribution in [2.45, 2.75) is 26.4 Å². The van der Waals surface area contributed by atoms with E-state index in [1.807, 2.05) is 18.2 Å². The van der Waals surface area contributed by atoms with Gasteiger partial charge in [-0.25, -0.2) is 0 Å². The van der Waals surface area contributed by atoms with E-state index >= 15 is 0 Å². The molecule has 0 spiro atoms. The highest BCUT2D eigenvalue weighted by Crippen LogP contribution is 2.22. The minimum atomic E-state index is -0.376. The molecule has 4 nitrogen and oxygen atoms in total. The number of nitro benzene ring substituents is 1. The summed E-state index contributed by atoms with van der Waals surface area (Å²) in [4.78, 5) is 10.5. The Bertz CT molecular complexity index is 658. The van der Waals surface area contributed by atoms with E-state index in [-0.39, 0.29) is 16.7 Å². The first-order valence-electron chi connectivity index (χ1n) is 6.70. The molecule has 0 saturated carbocycles. The fourth-order valence-electron chi connectivity index (χ4n) is 2.29. The van der Waals surface area contributed by atoms with Crippen LogP contribution in [0.2, 0.25) is 0 Å². The average molecular weight is 349 g/mol. The molecule has 0 aliphatic rings. The molecule has 1 atom stereocenters. The van der Waals surface area contributed by atoms with Gasteiger partial charge in [0, 0.05) is 29.2 Å². The number of aryl methyl sites for hydroxylation is 1. The summed E-state index contributed by atoms with van der Waals surface area (Å²) in [6, 6.07) is 13.4. The van der Waals surface area contributed by atoms with Crippen LogP contribution in [0.1, 0.15) is 29.7 Å². The third kappa shape index (κ3) is 4.12. The maximum absolute atomic E-state index is 10.9. The Morgan fingerprint density at radius 2 is 2.00 bits per heavy atom. The summed E-state index contributed by atoms with van der Waals surface area (Å²) >= 11 is 3.31. The van der Waals surface area contributed by atoms with Gasteiger partial charge in [-0.05, 0) is 36.6 Å². The Morgan fingerprint density at radius 1 is 1.29 bits per heavy atom. The molecule has 2 rings (SSSR count). The smallest absolute Gasteiger partial charge is 0.270 e. The van der Waals surface area contributed by atoms with E-state index < -0.39 is 0 Å². The normalized spacial score (nSPS) is 12.1. The number of benzene rings is 2. The van der Waals surface area contributed by atoms with Crippen molar-refractivity contribution in [3.8, 4) is 0 Å². The predicted molar refractivity (Wildman–Crippen MR) is 87.2 cm³/mol. The lowest BCUT2D eigenvalue weighted by molar-refractivity contribution is -0.385. The number of hydrogen-bond donors (Lipinski definition) is 1. The van der Waals surface area contributed by atoms with E-state index in [1.165, 1.54) is 17.2 Å². The van der Waals surface area contributed by atoms with Crippen LogP contribution >= 0.6 is 15.9 Å². The summed E-state index contributed by atoms with van der Waals surface area (Å²) in [7, 11) is 0. The fraction of sp³-hybridized carbons (Fsp3) is 0.250. The first-order chi connectivity index (χ1) is 9.97. The fourth-order valence-corrected chi connectivity index (χ4v) is 2.82. The number of halogens is 1. The molecule has 1 N–H and O–H groups in total. The number of hydrogen-bond acceptors (Lipinski definition) is 3. The second-order valence-electron chi connectivity index (χ2n) is 5.03. The van der Waals surface area contributed by atoms with Crippen LogP contribution in [0.3, 0.4) is 0 Å². The van der Waals surface area contributed by atoms with E-state index in [1.54, 1.807) is 6.07 Å². The molecule has 0 aliphatic heterocycles. The second-order valence-corrected chi connectivity index (χ2v) is 5.95. The van der Waals surface area contributed by atoms with Gasteiger partial charge in [0.1, 0.15) is 0 Å². The largest absolute Gasteiger partial charge is 0.306 e. The SMILES string of the molecule is Cc1ccccc1C(C)NCc1cc(Br)cc([N+](=O)[O-])c1. The van der Waals surface area contributed by atoms with Gasteiger partial charge in [-0.2, -0.15) is 0 Å². The van der Waals surface area contributed by atoms with Crippen LogP contribution in [0.15, 0.2) is 46.9 Å². The lowest BCUT2D eigenvalue weighted by Gasteiger charge is -2.16. The molecule has 2 aromatic carbocycles. The van der Waals surface area contributed by atoms with Gasteiger partial charge in [0.15, 0.2) is 0 Å². The van der Waals surface area contributed by atoms with E-state index in [9.17, 15) is 10.1 Å². The third-order valence-corrected chi connectivity index (χ3v) is 3.88. The van der Waals surface area contributed by atoms with Gasteiger partial charge in [0.25, 0.3) is 5.69 Å². The first-order valence-corrected chi connectivity index (χ1v) is 7.49. The van der Waals surface area contributed by atoms with Gasteiger partial charge < -0.3 is 5.32 Å². The Balaban J connectivity index is 2.09. The van der Waals surface area contributed by atoms with Gasteiger partial charge in [-0.3, -0.25) is 10.1 Å². The van der Waals surface area contributed by atoms with Crippen LogP contribution in [0, 0.1) is 17.0 Å². The van der Waals surface area contributed by atoms with E-state index in [2.05, 4.69) is 47.2 Å². The van der Waals surface area contributed by atoms with Crippen LogP contribution in [0.4, 0.5) is 5.69 Å². The van der Waals surface area contributed by atoms with Crippen molar-refractivity contribution in [3.05, 3.63) is 73.7 Å². The van der Waals surface area contributed by atoms with Crippen LogP contribution in [-0.4, -0.2) is 4.92 Å². The van der Waals surface area contributed by atoms with Crippen LogP contribution < -0.4 is 5.32 Å². The summed E-state index contributed by atoms with van der Waals surface area (Å²) in [5.41, 5.74) is 3.46. The van der Waals surface area contributed by atoms with Gasteiger partial charge in [0.05, 0.1) is 4.92 Å². The van der Waals surface area contributed by atoms with E-state index in [4.69, 9.17) is 0 Å². The zero-order chi connectivity index (χ0) is 15.4. The number of nitrogens with one attached hydrogen (secondary N) is 1. The highest BCUT2D eigenvalue weighted by Gasteiger charge is 2.11. The minimum Gasteiger partial charge on any atom is -0.306 e. The molecule has 0 radical (unpaired) electrons. The lowest BCUT2D eigenvalue weighted by Crippen LogP contribution is -2.19. The van der Waals surface area contributed by atoms with Crippen molar-refractivity contribution >= 4 is 21.6 Å². The van der Waals surface area contributed by atoms with Crippen molar-refractivity contribution in [1.82, 2.24) is 5.32 Å². The Kier molecular flexibility index (Phi) is 5.09. The molecule has 0 heterocycles. The van der Waals surface area contributed by atoms with E-state index in [0.29, 0.717) is 6.54 Å². The van der Waals surface area contributed by atoms with Gasteiger partial charge in [-0.1, -0.05) is 40.2 Å². The van der Waals surface area contributed by atoms with Crippen LogP contribution in [0.25, 0.3) is 0 Å². The minimum absolute atomic E-state index is 0.102. The molecule has 0 saturated heterocycles. The average Bonchev–Trinajstić information content (AvgIpc) is 2.44. The van der Waals surface area contributed by atoms with Crippen LogP contribution in [-0.2, 0) is 6.54 Å². The molecule has 1 unspecified atom stereocenters. The molecule has 110 valence electrons. The zero-order valence-corrected chi connectivity index (χ0v) is 13.6. The second kappa shape index (κ2) is 6.83. The van der Waals surface area contributed by atoms with Crippen molar-refractivity contribution in [3.63, 3.8) is 0 Å².